The van der Waals surface area contributed by atoms with Crippen molar-refractivity contribution in [3.05, 3.63) is 223 Å². The predicted octanol–water partition coefficient (Wildman–Crippen LogP) is 17.1. The van der Waals surface area contributed by atoms with Gasteiger partial charge >= 0.3 is 0 Å². The van der Waals surface area contributed by atoms with Gasteiger partial charge in [0.2, 0.25) is 0 Å². The molecule has 0 saturated heterocycles. The quantitative estimate of drug-likeness (QED) is 0.152. The summed E-state index contributed by atoms with van der Waals surface area (Å²) in [6, 6.07) is 78.6. The standard InChI is InChI=1S/C59H41NS/c1-59(2)53-22-12-10-20-49(53)50-33-32-44(37-54(50)59)60(42-28-24-39(25-29-42)38-14-4-3-5-15-38)43-30-26-40(27-31-43)46-34-35-56-58(51-21-11-13-23-55(51)61-56)57(46)52-36-41-16-6-7-17-45(41)47-18-8-9-19-48(47)52/h3-37H,1-2H3. The van der Waals surface area contributed by atoms with E-state index in [1.807, 2.05) is 11.3 Å². The monoisotopic (exact) mass is 795 g/mol. The third-order valence-corrected chi connectivity index (χ3v) is 14.2. The van der Waals surface area contributed by atoms with E-state index in [0.29, 0.717) is 0 Å². The molecular formula is C59H41NS. The Labute approximate surface area is 360 Å². The van der Waals surface area contributed by atoms with Crippen molar-refractivity contribution in [1.82, 2.24) is 0 Å². The Morgan fingerprint density at radius 3 is 1.72 bits per heavy atom. The van der Waals surface area contributed by atoms with Gasteiger partial charge < -0.3 is 4.90 Å². The molecule has 0 saturated carbocycles. The maximum Gasteiger partial charge on any atom is 0.0465 e. The zero-order chi connectivity index (χ0) is 40.7. The van der Waals surface area contributed by atoms with E-state index in [9.17, 15) is 0 Å². The van der Waals surface area contributed by atoms with Gasteiger partial charge in [0.1, 0.15) is 0 Å². The molecule has 0 unspecified atom stereocenters. The minimum absolute atomic E-state index is 0.109. The van der Waals surface area contributed by atoms with E-state index in [2.05, 4.69) is 231 Å². The summed E-state index contributed by atoms with van der Waals surface area (Å²) in [4.78, 5) is 2.42. The first-order valence-corrected chi connectivity index (χ1v) is 22.0. The number of hydrogen-bond acceptors (Lipinski definition) is 2. The van der Waals surface area contributed by atoms with Crippen molar-refractivity contribution < 1.29 is 0 Å². The van der Waals surface area contributed by atoms with Crippen molar-refractivity contribution in [1.29, 1.82) is 0 Å². The van der Waals surface area contributed by atoms with Crippen LogP contribution in [0.3, 0.4) is 0 Å². The van der Waals surface area contributed by atoms with E-state index in [-0.39, 0.29) is 5.41 Å². The summed E-state index contributed by atoms with van der Waals surface area (Å²) in [6.45, 7) is 4.72. The van der Waals surface area contributed by atoms with Crippen molar-refractivity contribution in [2.45, 2.75) is 19.3 Å². The molecular weight excluding hydrogens is 755 g/mol. The molecule has 1 heterocycles. The summed E-state index contributed by atoms with van der Waals surface area (Å²) in [6.07, 6.45) is 0. The lowest BCUT2D eigenvalue weighted by Crippen LogP contribution is -2.16. The molecule has 2 heteroatoms. The Hall–Kier alpha value is -7.26. The van der Waals surface area contributed by atoms with Gasteiger partial charge in [-0.3, -0.25) is 0 Å². The van der Waals surface area contributed by atoms with Gasteiger partial charge in [-0.1, -0.05) is 172 Å². The number of anilines is 3. The molecule has 1 aliphatic carbocycles. The van der Waals surface area contributed by atoms with Crippen LogP contribution in [0.25, 0.3) is 86.2 Å². The third kappa shape index (κ3) is 5.67. The normalized spacial score (nSPS) is 12.9. The van der Waals surface area contributed by atoms with Gasteiger partial charge in [0.15, 0.2) is 0 Å². The highest BCUT2D eigenvalue weighted by Gasteiger charge is 2.35. The second kappa shape index (κ2) is 13.9. The molecule has 10 aromatic carbocycles. The Morgan fingerprint density at radius 1 is 0.361 bits per heavy atom. The molecule has 0 spiro atoms. The average molecular weight is 796 g/mol. The van der Waals surface area contributed by atoms with Crippen molar-refractivity contribution in [3.63, 3.8) is 0 Å². The van der Waals surface area contributed by atoms with Gasteiger partial charge in [0.25, 0.3) is 0 Å². The summed E-state index contributed by atoms with van der Waals surface area (Å²) >= 11 is 1.88. The Bertz CT molecular complexity index is 3480. The number of hydrogen-bond donors (Lipinski definition) is 0. The predicted molar refractivity (Wildman–Crippen MR) is 263 cm³/mol. The number of rotatable bonds is 6. The van der Waals surface area contributed by atoms with E-state index in [1.165, 1.54) is 97.4 Å². The van der Waals surface area contributed by atoms with Crippen LogP contribution in [0.1, 0.15) is 25.0 Å². The topological polar surface area (TPSA) is 3.24 Å². The van der Waals surface area contributed by atoms with Crippen LogP contribution in [0.5, 0.6) is 0 Å². The van der Waals surface area contributed by atoms with Crippen LogP contribution in [-0.4, -0.2) is 0 Å². The fourth-order valence-electron chi connectivity index (χ4n) is 10.1. The Kier molecular flexibility index (Phi) is 8.13. The van der Waals surface area contributed by atoms with Crippen LogP contribution in [0, 0.1) is 0 Å². The molecule has 61 heavy (non-hydrogen) atoms. The van der Waals surface area contributed by atoms with Gasteiger partial charge in [-0.2, -0.15) is 0 Å². The number of benzene rings is 10. The third-order valence-electron chi connectivity index (χ3n) is 13.1. The Morgan fingerprint density at radius 2 is 0.934 bits per heavy atom. The van der Waals surface area contributed by atoms with Crippen molar-refractivity contribution in [2.75, 3.05) is 4.90 Å². The van der Waals surface area contributed by atoms with Gasteiger partial charge in [-0.05, 0) is 132 Å². The molecule has 0 radical (unpaired) electrons. The fraction of sp³-hybridized carbons (Fsp3) is 0.0508. The molecule has 12 rings (SSSR count). The van der Waals surface area contributed by atoms with E-state index in [1.54, 1.807) is 0 Å². The van der Waals surface area contributed by atoms with E-state index < -0.39 is 0 Å². The highest BCUT2D eigenvalue weighted by molar-refractivity contribution is 7.26. The molecule has 0 fully saturated rings. The number of thiophene rings is 1. The van der Waals surface area contributed by atoms with Crippen LogP contribution in [-0.2, 0) is 5.41 Å². The molecule has 0 bridgehead atoms. The largest absolute Gasteiger partial charge is 0.310 e. The van der Waals surface area contributed by atoms with Crippen molar-refractivity contribution in [2.24, 2.45) is 0 Å². The first-order chi connectivity index (χ1) is 30.0. The summed E-state index contributed by atoms with van der Waals surface area (Å²) in [5, 5.41) is 7.72. The van der Waals surface area contributed by atoms with Crippen LogP contribution in [0.4, 0.5) is 17.1 Å². The summed E-state index contributed by atoms with van der Waals surface area (Å²) in [5.74, 6) is 0. The molecule has 0 atom stereocenters. The summed E-state index contributed by atoms with van der Waals surface area (Å²) in [5.41, 5.74) is 16.1. The maximum atomic E-state index is 2.42. The summed E-state index contributed by atoms with van der Waals surface area (Å²) < 4.78 is 2.62. The van der Waals surface area contributed by atoms with Gasteiger partial charge in [0.05, 0.1) is 0 Å². The lowest BCUT2D eigenvalue weighted by Gasteiger charge is -2.28. The second-order valence-electron chi connectivity index (χ2n) is 16.8. The number of fused-ring (bicyclic) bond motifs is 9. The first-order valence-electron chi connectivity index (χ1n) is 21.2. The van der Waals surface area contributed by atoms with Crippen molar-refractivity contribution >= 4 is 70.1 Å². The maximum absolute atomic E-state index is 2.42. The van der Waals surface area contributed by atoms with Gasteiger partial charge in [-0.15, -0.1) is 11.3 Å². The molecule has 0 N–H and O–H groups in total. The van der Waals surface area contributed by atoms with Crippen LogP contribution in [0.15, 0.2) is 212 Å². The molecule has 1 nitrogen and oxygen atoms in total. The van der Waals surface area contributed by atoms with Crippen LogP contribution >= 0.6 is 11.3 Å². The molecule has 0 amide bonds. The van der Waals surface area contributed by atoms with Gasteiger partial charge in [0, 0.05) is 42.6 Å². The lowest BCUT2D eigenvalue weighted by molar-refractivity contribution is 0.660. The highest BCUT2D eigenvalue weighted by Crippen LogP contribution is 2.52. The molecule has 1 aromatic heterocycles. The summed E-state index contributed by atoms with van der Waals surface area (Å²) in [7, 11) is 0. The van der Waals surface area contributed by atoms with Crippen LogP contribution in [0.2, 0.25) is 0 Å². The minimum atomic E-state index is -0.109. The molecule has 1 aliphatic rings. The minimum Gasteiger partial charge on any atom is -0.310 e. The zero-order valence-corrected chi connectivity index (χ0v) is 34.9. The smallest absolute Gasteiger partial charge is 0.0465 e. The van der Waals surface area contributed by atoms with Crippen LogP contribution < -0.4 is 4.90 Å². The van der Waals surface area contributed by atoms with E-state index >= 15 is 0 Å². The fourth-order valence-corrected chi connectivity index (χ4v) is 11.2. The zero-order valence-electron chi connectivity index (χ0n) is 34.1. The lowest BCUT2D eigenvalue weighted by atomic mass is 9.82. The average Bonchev–Trinajstić information content (AvgIpc) is 3.81. The highest BCUT2D eigenvalue weighted by atomic mass is 32.1. The second-order valence-corrected chi connectivity index (χ2v) is 17.9. The molecule has 0 aliphatic heterocycles. The molecule has 11 aromatic rings. The Balaban J connectivity index is 1.04. The van der Waals surface area contributed by atoms with E-state index in [4.69, 9.17) is 0 Å². The SMILES string of the molecule is CC1(C)c2ccccc2-c2ccc(N(c3ccc(-c4ccccc4)cc3)c3ccc(-c4ccc5sc6ccccc6c5c4-c4cc5ccccc5c5ccccc45)cc3)cc21. The van der Waals surface area contributed by atoms with Gasteiger partial charge in [-0.25, -0.2) is 0 Å². The first kappa shape index (κ1) is 35.7. The molecule has 288 valence electrons. The number of nitrogens with zero attached hydrogens (tertiary/aromatic N) is 1. The van der Waals surface area contributed by atoms with Crippen molar-refractivity contribution in [3.8, 4) is 44.5 Å². The van der Waals surface area contributed by atoms with E-state index in [0.717, 1.165) is 17.1 Å².